The lowest BCUT2D eigenvalue weighted by atomic mass is 9.76. The summed E-state index contributed by atoms with van der Waals surface area (Å²) in [6.07, 6.45) is 22.7. The van der Waals surface area contributed by atoms with Crippen LogP contribution in [0.4, 0.5) is 0 Å². The van der Waals surface area contributed by atoms with Crippen LogP contribution in [0.15, 0.2) is 361 Å². The topological polar surface area (TPSA) is 63.3 Å². The lowest BCUT2D eigenvalue weighted by molar-refractivity contribution is 0.496. The molecule has 3 aromatic heterocycles. The van der Waals surface area contributed by atoms with Gasteiger partial charge in [0.2, 0.25) is 0 Å². The number of aryl methyl sites for hydroxylation is 2. The van der Waals surface area contributed by atoms with Gasteiger partial charge in [0, 0.05) is 71.4 Å². The summed E-state index contributed by atoms with van der Waals surface area (Å²) in [6, 6.07) is 107. The van der Waals surface area contributed by atoms with E-state index in [2.05, 4.69) is 372 Å². The van der Waals surface area contributed by atoms with Crippen molar-refractivity contribution in [2.45, 2.75) is 64.5 Å². The second-order valence-electron chi connectivity index (χ2n) is 32.3. The molecule has 0 amide bonds. The molecular formula is C110H82N4OS. The van der Waals surface area contributed by atoms with Crippen LogP contribution in [0.2, 0.25) is 0 Å². The van der Waals surface area contributed by atoms with Crippen molar-refractivity contribution in [2.24, 2.45) is 22.7 Å². The number of aliphatic imine (C=N–C) groups is 1. The van der Waals surface area contributed by atoms with Crippen LogP contribution < -0.4 is 5.32 Å². The van der Waals surface area contributed by atoms with Crippen molar-refractivity contribution in [3.05, 3.63) is 441 Å². The van der Waals surface area contributed by atoms with E-state index in [0.717, 1.165) is 115 Å². The monoisotopic (exact) mass is 1510 g/mol. The molecule has 0 bridgehead atoms. The summed E-state index contributed by atoms with van der Waals surface area (Å²) in [4.78, 5) is 18.5. The van der Waals surface area contributed by atoms with E-state index in [1.54, 1.807) is 0 Å². The number of nitrogens with one attached hydrogen (secondary N) is 1. The van der Waals surface area contributed by atoms with Crippen molar-refractivity contribution in [1.29, 1.82) is 0 Å². The average Bonchev–Trinajstić information content (AvgIpc) is 1.54. The smallest absolute Gasteiger partial charge is 0.145 e. The fraction of sp³-hybridized carbons (Fsp3) is 0.118. The minimum Gasteiger partial charge on any atom is -0.455 e. The van der Waals surface area contributed by atoms with Crippen molar-refractivity contribution in [3.8, 4) is 44.1 Å². The van der Waals surface area contributed by atoms with Crippen molar-refractivity contribution in [3.63, 3.8) is 0 Å². The third-order valence-corrected chi connectivity index (χ3v) is 26.8. The first-order valence-corrected chi connectivity index (χ1v) is 41.9. The maximum Gasteiger partial charge on any atom is 0.145 e. The Kier molecular flexibility index (Phi) is 16.9. The van der Waals surface area contributed by atoms with Gasteiger partial charge in [-0.25, -0.2) is 9.97 Å². The number of fused-ring (bicyclic) bond motifs is 15. The zero-order valence-corrected chi connectivity index (χ0v) is 65.8. The summed E-state index contributed by atoms with van der Waals surface area (Å²) in [6.45, 7) is 11.8. The standard InChI is InChI=1S/C110H82N4OS/c1-65-57-76(84-43-25-44-89-87-38-18-17-37-81(87)67(3)103(84)89)50-53-80(65)100-64-98(72-33-15-8-16-34-72)111-109(114-100)78-52-54-85-74(59-78)35-23-41-82(69-27-9-5-10-28-69)105-90-56-49-73(60-95(90)68(4)104(85)105)79-61-94(92-46-26-45-91-88-39-19-21-47-101(88)115-107(91)92)66(2)96(62-79)110-112-97(71-31-13-7-14-32-71)63-99(113-110)77-51-55-86-75(58-77)36-24-42-83(70-29-11-6-12-30-70)106-93-40-20-22-48-102(93)116-108(86)106/h5-22,25-34,37-66,68,80,96,109,114H,3,23-24,35-36H2,1-2,4H3/b82-41-,83-42-/t65-,66?,68?,80?,96?,109?/m0/s1. The molecule has 0 saturated heterocycles. The van der Waals surface area contributed by atoms with Gasteiger partial charge in [0.1, 0.15) is 23.2 Å². The van der Waals surface area contributed by atoms with Crippen LogP contribution in [-0.4, -0.2) is 15.7 Å². The van der Waals surface area contributed by atoms with E-state index in [-0.39, 0.29) is 35.8 Å². The van der Waals surface area contributed by atoms with Crippen LogP contribution in [0.1, 0.15) is 141 Å². The van der Waals surface area contributed by atoms with Gasteiger partial charge in [0.05, 0.1) is 17.1 Å². The molecule has 0 saturated carbocycles. The van der Waals surface area contributed by atoms with E-state index < -0.39 is 0 Å². The quantitative estimate of drug-likeness (QED) is 0.140. The molecule has 1 aliphatic heterocycles. The molecule has 4 heterocycles. The van der Waals surface area contributed by atoms with Gasteiger partial charge in [0.15, 0.2) is 0 Å². The molecule has 116 heavy (non-hydrogen) atoms. The highest BCUT2D eigenvalue weighted by Gasteiger charge is 2.38. The zero-order chi connectivity index (χ0) is 77.2. The van der Waals surface area contributed by atoms with Crippen LogP contribution in [0.25, 0.3) is 121 Å². The van der Waals surface area contributed by atoms with Gasteiger partial charge in [-0.15, -0.1) is 11.3 Å². The minimum atomic E-state index is -0.317. The van der Waals surface area contributed by atoms with Gasteiger partial charge in [-0.3, -0.25) is 4.99 Å². The Morgan fingerprint density at radius 2 is 1.08 bits per heavy atom. The van der Waals surface area contributed by atoms with E-state index in [1.807, 2.05) is 11.3 Å². The number of hydrogen-bond donors (Lipinski definition) is 1. The number of aromatic nitrogens is 2. The van der Waals surface area contributed by atoms with Crippen molar-refractivity contribution < 1.29 is 4.42 Å². The summed E-state index contributed by atoms with van der Waals surface area (Å²) in [5.41, 5.74) is 40.1. The lowest BCUT2D eigenvalue weighted by Gasteiger charge is -2.32. The van der Waals surface area contributed by atoms with Gasteiger partial charge < -0.3 is 9.73 Å². The molecule has 7 aliphatic rings. The molecule has 1 N–H and O–H groups in total. The Morgan fingerprint density at radius 1 is 0.457 bits per heavy atom. The Balaban J connectivity index is 0.643. The lowest BCUT2D eigenvalue weighted by Crippen LogP contribution is -2.31. The van der Waals surface area contributed by atoms with Crippen LogP contribution in [-0.2, 0) is 12.8 Å². The number of thiophene rings is 1. The summed E-state index contributed by atoms with van der Waals surface area (Å²) >= 11 is 1.90. The maximum atomic E-state index is 6.99. The number of hydrogen-bond acceptors (Lipinski definition) is 6. The molecule has 6 aliphatic carbocycles. The number of nitrogens with zero attached hydrogens (tertiary/aromatic N) is 3. The first-order chi connectivity index (χ1) is 57.2. The van der Waals surface area contributed by atoms with Gasteiger partial charge in [-0.05, 0) is 208 Å². The highest BCUT2D eigenvalue weighted by molar-refractivity contribution is 7.22. The predicted molar refractivity (Wildman–Crippen MR) is 485 cm³/mol. The molecule has 6 heteroatoms. The van der Waals surface area contributed by atoms with E-state index in [9.17, 15) is 0 Å². The average molecular weight is 1510 g/mol. The molecule has 6 atom stereocenters. The van der Waals surface area contributed by atoms with Crippen molar-refractivity contribution in [2.75, 3.05) is 0 Å². The highest BCUT2D eigenvalue weighted by Crippen LogP contribution is 2.57. The third kappa shape index (κ3) is 11.7. The number of para-hydroxylation sites is 2. The second-order valence-corrected chi connectivity index (χ2v) is 33.3. The largest absolute Gasteiger partial charge is 0.455 e. The normalized spacial score (nSPS) is 20.1. The minimum absolute atomic E-state index is 0.0421. The summed E-state index contributed by atoms with van der Waals surface area (Å²) in [5.74, 6) is 0.798. The van der Waals surface area contributed by atoms with Gasteiger partial charge >= 0.3 is 0 Å². The molecule has 22 rings (SSSR count). The van der Waals surface area contributed by atoms with E-state index in [4.69, 9.17) is 19.4 Å². The molecular weight excluding hydrogens is 1430 g/mol. The molecule has 0 radical (unpaired) electrons. The number of furan rings is 1. The summed E-state index contributed by atoms with van der Waals surface area (Å²) in [7, 11) is 0. The maximum absolute atomic E-state index is 6.99. The van der Waals surface area contributed by atoms with Gasteiger partial charge in [-0.1, -0.05) is 331 Å². The van der Waals surface area contributed by atoms with E-state index >= 15 is 0 Å². The Hall–Kier alpha value is -13.4. The molecule has 0 spiro atoms. The molecule has 5 nitrogen and oxygen atoms in total. The van der Waals surface area contributed by atoms with Gasteiger partial charge in [0.25, 0.3) is 0 Å². The first-order valence-electron chi connectivity index (χ1n) is 41.1. The fourth-order valence-electron chi connectivity index (χ4n) is 19.8. The fourth-order valence-corrected chi connectivity index (χ4v) is 21.1. The predicted octanol–water partition coefficient (Wildman–Crippen LogP) is 27.9. The van der Waals surface area contributed by atoms with Crippen LogP contribution in [0.3, 0.4) is 0 Å². The number of benzene rings is 12. The number of rotatable bonds is 11. The highest BCUT2D eigenvalue weighted by atomic mass is 32.1. The molecule has 554 valence electrons. The Morgan fingerprint density at radius 3 is 1.86 bits per heavy atom. The third-order valence-electron chi connectivity index (χ3n) is 25.6. The van der Waals surface area contributed by atoms with Crippen LogP contribution in [0, 0.1) is 17.8 Å². The SMILES string of the molecule is C=C1c2ccccc2-c2cccc(C3=C[C@H](C)C(C4=CC(c5ccccc5)=NC(c5ccc6c(c5)CC/C=C(/c5ccccc5)C5=C6C(C)c6cc(C7=CC(c8nc(-c9ccccc9)cc(-c9ccc%10c(c9)CC/C=C(/c9ccccc9)c9c-%10sc%10ccccc9%10)n8)C(C)C(c8cccc9c8oc8ccccc89)=C7)ccc65)N4)C=C3)c21. The molecule has 0 fully saturated rings. The molecule has 15 aromatic rings. The second kappa shape index (κ2) is 28.3. The van der Waals surface area contributed by atoms with Crippen molar-refractivity contribution >= 4 is 93.7 Å². The summed E-state index contributed by atoms with van der Waals surface area (Å²) < 4.78 is 8.28. The zero-order valence-electron chi connectivity index (χ0n) is 65.0. The Labute approximate surface area is 681 Å². The van der Waals surface area contributed by atoms with Crippen molar-refractivity contribution in [1.82, 2.24) is 15.3 Å². The van der Waals surface area contributed by atoms with E-state index in [1.165, 1.54) is 132 Å². The van der Waals surface area contributed by atoms with Crippen LogP contribution >= 0.6 is 11.3 Å². The number of allylic oxidation sites excluding steroid dienone is 14. The van der Waals surface area contributed by atoms with Crippen LogP contribution in [0.5, 0.6) is 0 Å². The van der Waals surface area contributed by atoms with E-state index in [0.29, 0.717) is 0 Å². The first kappa shape index (κ1) is 69.3. The van der Waals surface area contributed by atoms with Gasteiger partial charge in [-0.2, -0.15) is 0 Å². The Bertz CT molecular complexity index is 6930. The molecule has 5 unspecified atom stereocenters. The summed E-state index contributed by atoms with van der Waals surface area (Å²) in [5, 5.41) is 7.59. The molecule has 12 aromatic carbocycles.